The van der Waals surface area contributed by atoms with Gasteiger partial charge >= 0.3 is 0 Å². The third-order valence-corrected chi connectivity index (χ3v) is 4.16. The quantitative estimate of drug-likeness (QED) is 0.650. The number of nitrogens with one attached hydrogen (secondary N) is 1. The number of carbonyl (C=O) groups excluding carboxylic acids is 1. The first kappa shape index (κ1) is 19.1. The molecule has 5 nitrogen and oxygen atoms in total. The molecule has 1 N–H and O–H groups in total. The van der Waals surface area contributed by atoms with E-state index in [1.807, 2.05) is 37.3 Å². The van der Waals surface area contributed by atoms with E-state index in [1.54, 1.807) is 20.3 Å². The van der Waals surface area contributed by atoms with Gasteiger partial charge in [0.05, 0.1) is 20.8 Å². The van der Waals surface area contributed by atoms with Crippen molar-refractivity contribution in [1.29, 1.82) is 0 Å². The number of amides is 1. The number of halogens is 1. The summed E-state index contributed by atoms with van der Waals surface area (Å²) in [7, 11) is 3.15. The van der Waals surface area contributed by atoms with Gasteiger partial charge < -0.3 is 19.5 Å². The SMILES string of the molecule is COc1cc(C)c(NC(=O)CCCOc2ccc(Br)cc2)cc1OC. The number of methoxy groups -OCH3 is 2. The van der Waals surface area contributed by atoms with Crippen molar-refractivity contribution in [1.82, 2.24) is 0 Å². The van der Waals surface area contributed by atoms with Crippen LogP contribution in [0.15, 0.2) is 40.9 Å². The molecule has 25 heavy (non-hydrogen) atoms. The van der Waals surface area contributed by atoms with E-state index in [9.17, 15) is 4.79 Å². The molecule has 1 amide bonds. The molecule has 0 atom stereocenters. The van der Waals surface area contributed by atoms with Crippen LogP contribution in [0.4, 0.5) is 5.69 Å². The van der Waals surface area contributed by atoms with Crippen LogP contribution in [0.1, 0.15) is 18.4 Å². The van der Waals surface area contributed by atoms with Crippen molar-refractivity contribution < 1.29 is 19.0 Å². The van der Waals surface area contributed by atoms with Crippen LogP contribution in [0.2, 0.25) is 0 Å². The Bertz CT molecular complexity index is 716. The Morgan fingerprint density at radius 1 is 1.08 bits per heavy atom. The average Bonchev–Trinajstić information content (AvgIpc) is 2.61. The normalized spacial score (nSPS) is 10.2. The summed E-state index contributed by atoms with van der Waals surface area (Å²) in [5, 5.41) is 2.91. The van der Waals surface area contributed by atoms with Crippen molar-refractivity contribution >= 4 is 27.5 Å². The van der Waals surface area contributed by atoms with E-state index in [0.717, 1.165) is 21.5 Å². The van der Waals surface area contributed by atoms with Gasteiger partial charge in [-0.3, -0.25) is 4.79 Å². The Balaban J connectivity index is 1.83. The lowest BCUT2D eigenvalue weighted by Crippen LogP contribution is -2.14. The largest absolute Gasteiger partial charge is 0.494 e. The highest BCUT2D eigenvalue weighted by Crippen LogP contribution is 2.32. The van der Waals surface area contributed by atoms with E-state index >= 15 is 0 Å². The molecule has 0 aliphatic heterocycles. The fraction of sp³-hybridized carbons (Fsp3) is 0.316. The highest BCUT2D eigenvalue weighted by atomic mass is 79.9. The van der Waals surface area contributed by atoms with Crippen LogP contribution < -0.4 is 19.5 Å². The summed E-state index contributed by atoms with van der Waals surface area (Å²) >= 11 is 3.38. The minimum atomic E-state index is -0.0604. The second kappa shape index (κ2) is 9.32. The van der Waals surface area contributed by atoms with Crippen LogP contribution in [0.25, 0.3) is 0 Å². The second-order valence-electron chi connectivity index (χ2n) is 5.48. The van der Waals surface area contributed by atoms with Crippen LogP contribution in [-0.4, -0.2) is 26.7 Å². The Morgan fingerprint density at radius 2 is 1.72 bits per heavy atom. The molecule has 0 unspecified atom stereocenters. The number of carbonyl (C=O) groups is 1. The number of hydrogen-bond acceptors (Lipinski definition) is 4. The van der Waals surface area contributed by atoms with Gasteiger partial charge in [0.1, 0.15) is 5.75 Å². The third-order valence-electron chi connectivity index (χ3n) is 3.64. The molecule has 0 saturated heterocycles. The zero-order chi connectivity index (χ0) is 18.2. The predicted molar refractivity (Wildman–Crippen MR) is 102 cm³/mol. The standard InChI is InChI=1S/C19H22BrNO4/c1-13-11-17(23-2)18(24-3)12-16(13)21-19(22)5-4-10-25-15-8-6-14(20)7-9-15/h6-9,11-12H,4-5,10H2,1-3H3,(H,21,22). The molecule has 0 aliphatic rings. The number of ether oxygens (including phenoxy) is 3. The summed E-state index contributed by atoms with van der Waals surface area (Å²) in [6.07, 6.45) is 1.01. The van der Waals surface area contributed by atoms with E-state index in [-0.39, 0.29) is 5.91 Å². The summed E-state index contributed by atoms with van der Waals surface area (Å²) < 4.78 is 17.1. The Morgan fingerprint density at radius 3 is 2.36 bits per heavy atom. The molecule has 134 valence electrons. The fourth-order valence-electron chi connectivity index (χ4n) is 2.28. The third kappa shape index (κ3) is 5.67. The molecule has 2 aromatic carbocycles. The van der Waals surface area contributed by atoms with Crippen LogP contribution in [0.3, 0.4) is 0 Å². The van der Waals surface area contributed by atoms with E-state index in [4.69, 9.17) is 14.2 Å². The molecule has 2 aromatic rings. The first-order chi connectivity index (χ1) is 12.0. The summed E-state index contributed by atoms with van der Waals surface area (Å²) in [6.45, 7) is 2.40. The van der Waals surface area contributed by atoms with Crippen LogP contribution >= 0.6 is 15.9 Å². The maximum atomic E-state index is 12.1. The molecule has 0 bridgehead atoms. The van der Waals surface area contributed by atoms with Crippen molar-refractivity contribution in [2.75, 3.05) is 26.1 Å². The molecule has 0 aromatic heterocycles. The smallest absolute Gasteiger partial charge is 0.224 e. The van der Waals surface area contributed by atoms with E-state index in [0.29, 0.717) is 30.9 Å². The highest BCUT2D eigenvalue weighted by Gasteiger charge is 2.11. The molecule has 0 fully saturated rings. The van der Waals surface area contributed by atoms with Gasteiger partial charge in [-0.1, -0.05) is 15.9 Å². The van der Waals surface area contributed by atoms with Gasteiger partial charge in [-0.25, -0.2) is 0 Å². The van der Waals surface area contributed by atoms with E-state index in [1.165, 1.54) is 0 Å². The lowest BCUT2D eigenvalue weighted by molar-refractivity contribution is -0.116. The van der Waals surface area contributed by atoms with Gasteiger partial charge in [-0.15, -0.1) is 0 Å². The zero-order valence-electron chi connectivity index (χ0n) is 14.6. The summed E-state index contributed by atoms with van der Waals surface area (Å²) in [6, 6.07) is 11.2. The predicted octanol–water partition coefficient (Wildman–Crippen LogP) is 4.57. The van der Waals surface area contributed by atoms with Crippen molar-refractivity contribution in [2.24, 2.45) is 0 Å². The van der Waals surface area contributed by atoms with Crippen LogP contribution in [-0.2, 0) is 4.79 Å². The molecular formula is C19H22BrNO4. The van der Waals surface area contributed by atoms with Crippen molar-refractivity contribution in [2.45, 2.75) is 19.8 Å². The monoisotopic (exact) mass is 407 g/mol. The van der Waals surface area contributed by atoms with Gasteiger partial charge in [-0.05, 0) is 49.2 Å². The number of rotatable bonds is 8. The maximum Gasteiger partial charge on any atom is 0.224 e. The number of benzene rings is 2. The molecule has 0 heterocycles. The Hall–Kier alpha value is -2.21. The number of aryl methyl sites for hydroxylation is 1. The number of hydrogen-bond donors (Lipinski definition) is 1. The minimum Gasteiger partial charge on any atom is -0.494 e. The molecule has 0 spiro atoms. The maximum absolute atomic E-state index is 12.1. The van der Waals surface area contributed by atoms with Gasteiger partial charge in [0, 0.05) is 22.6 Å². The van der Waals surface area contributed by atoms with Crippen LogP contribution in [0.5, 0.6) is 17.2 Å². The molecule has 0 saturated carbocycles. The Labute approximate surface area is 156 Å². The first-order valence-corrected chi connectivity index (χ1v) is 8.73. The van der Waals surface area contributed by atoms with Crippen molar-refractivity contribution in [3.8, 4) is 17.2 Å². The van der Waals surface area contributed by atoms with Gasteiger partial charge in [0.25, 0.3) is 0 Å². The Kier molecular flexibility index (Phi) is 7.13. The lowest BCUT2D eigenvalue weighted by atomic mass is 10.1. The zero-order valence-corrected chi connectivity index (χ0v) is 16.2. The molecule has 2 rings (SSSR count). The van der Waals surface area contributed by atoms with Gasteiger partial charge in [0.2, 0.25) is 5.91 Å². The topological polar surface area (TPSA) is 56.8 Å². The number of anilines is 1. The molecule has 0 aliphatic carbocycles. The summed E-state index contributed by atoms with van der Waals surface area (Å²) in [5.74, 6) is 1.96. The minimum absolute atomic E-state index is 0.0604. The van der Waals surface area contributed by atoms with Gasteiger partial charge in [-0.2, -0.15) is 0 Å². The molecular weight excluding hydrogens is 386 g/mol. The van der Waals surface area contributed by atoms with E-state index in [2.05, 4.69) is 21.2 Å². The van der Waals surface area contributed by atoms with Gasteiger partial charge in [0.15, 0.2) is 11.5 Å². The second-order valence-corrected chi connectivity index (χ2v) is 6.39. The van der Waals surface area contributed by atoms with Crippen LogP contribution in [0, 0.1) is 6.92 Å². The van der Waals surface area contributed by atoms with Crippen molar-refractivity contribution in [3.63, 3.8) is 0 Å². The summed E-state index contributed by atoms with van der Waals surface area (Å²) in [4.78, 5) is 12.1. The lowest BCUT2D eigenvalue weighted by Gasteiger charge is -2.13. The fourth-order valence-corrected chi connectivity index (χ4v) is 2.55. The van der Waals surface area contributed by atoms with E-state index < -0.39 is 0 Å². The van der Waals surface area contributed by atoms with Crippen molar-refractivity contribution in [3.05, 3.63) is 46.4 Å². The first-order valence-electron chi connectivity index (χ1n) is 7.94. The molecule has 0 radical (unpaired) electrons. The average molecular weight is 408 g/mol. The molecule has 6 heteroatoms. The summed E-state index contributed by atoms with van der Waals surface area (Å²) in [5.41, 5.74) is 1.63. The highest BCUT2D eigenvalue weighted by molar-refractivity contribution is 9.10.